The summed E-state index contributed by atoms with van der Waals surface area (Å²) in [5.74, 6) is 2.16. The highest BCUT2D eigenvalue weighted by atomic mass is 16.5. The molecule has 22 heavy (non-hydrogen) atoms. The van der Waals surface area contributed by atoms with Crippen molar-refractivity contribution in [2.24, 2.45) is 0 Å². The second kappa shape index (κ2) is 5.34. The molecular weight excluding hydrogens is 280 g/mol. The fourth-order valence-electron chi connectivity index (χ4n) is 2.82. The Morgan fingerprint density at radius 2 is 2.18 bits per heavy atom. The summed E-state index contributed by atoms with van der Waals surface area (Å²) in [7, 11) is 0. The van der Waals surface area contributed by atoms with Crippen LogP contribution in [0, 0.1) is 6.92 Å². The summed E-state index contributed by atoms with van der Waals surface area (Å²) >= 11 is 0. The molecule has 112 valence electrons. The largest absolute Gasteiger partial charge is 0.381 e. The van der Waals surface area contributed by atoms with Crippen LogP contribution in [0.3, 0.4) is 0 Å². The third-order valence-corrected chi connectivity index (χ3v) is 3.94. The minimum atomic E-state index is 0.355. The van der Waals surface area contributed by atoms with Gasteiger partial charge in [0.15, 0.2) is 5.82 Å². The van der Waals surface area contributed by atoms with Gasteiger partial charge in [0.05, 0.1) is 12.3 Å². The van der Waals surface area contributed by atoms with E-state index in [9.17, 15) is 0 Å². The van der Waals surface area contributed by atoms with Gasteiger partial charge in [-0.2, -0.15) is 4.68 Å². The molecule has 0 saturated carbocycles. The molecule has 3 aromatic rings. The maximum absolute atomic E-state index is 5.49. The van der Waals surface area contributed by atoms with Gasteiger partial charge >= 0.3 is 0 Å². The van der Waals surface area contributed by atoms with Gasteiger partial charge in [0.25, 0.3) is 0 Å². The van der Waals surface area contributed by atoms with Gasteiger partial charge in [0.1, 0.15) is 5.82 Å². The number of aryl methyl sites for hydroxylation is 1. The van der Waals surface area contributed by atoms with E-state index in [1.807, 2.05) is 31.5 Å². The van der Waals surface area contributed by atoms with Crippen LogP contribution in [-0.4, -0.2) is 43.0 Å². The molecule has 7 heteroatoms. The molecule has 0 aliphatic carbocycles. The molecule has 1 aromatic carbocycles. The average molecular weight is 296 g/mol. The van der Waals surface area contributed by atoms with E-state index >= 15 is 0 Å². The lowest BCUT2D eigenvalue weighted by molar-refractivity contribution is 0.193. The van der Waals surface area contributed by atoms with E-state index in [1.54, 1.807) is 4.68 Å². The molecule has 2 aromatic heterocycles. The van der Waals surface area contributed by atoms with Crippen LogP contribution < -0.4 is 0 Å². The van der Waals surface area contributed by atoms with Crippen molar-refractivity contribution in [3.05, 3.63) is 48.3 Å². The van der Waals surface area contributed by atoms with E-state index in [4.69, 9.17) is 4.74 Å². The summed E-state index contributed by atoms with van der Waals surface area (Å²) in [5, 5.41) is 11.6. The molecule has 1 aliphatic heterocycles. The fraction of sp³-hybridized carbons (Fsp3) is 0.333. The van der Waals surface area contributed by atoms with Gasteiger partial charge < -0.3 is 9.30 Å². The molecule has 0 spiro atoms. The first-order valence-corrected chi connectivity index (χ1v) is 7.30. The molecule has 0 radical (unpaired) electrons. The Kier molecular flexibility index (Phi) is 3.19. The van der Waals surface area contributed by atoms with Gasteiger partial charge in [-0.25, -0.2) is 4.98 Å². The third kappa shape index (κ3) is 2.19. The van der Waals surface area contributed by atoms with Gasteiger partial charge in [-0.15, -0.1) is 5.10 Å². The minimum Gasteiger partial charge on any atom is -0.381 e. The maximum atomic E-state index is 5.49. The van der Waals surface area contributed by atoms with Crippen LogP contribution in [0.15, 0.2) is 36.7 Å². The molecule has 3 heterocycles. The summed E-state index contributed by atoms with van der Waals surface area (Å²) in [6, 6.07) is 8.11. The van der Waals surface area contributed by atoms with Crippen molar-refractivity contribution >= 4 is 0 Å². The Morgan fingerprint density at radius 1 is 1.27 bits per heavy atom. The summed E-state index contributed by atoms with van der Waals surface area (Å²) in [5.41, 5.74) is 1.98. The molecule has 1 saturated heterocycles. The van der Waals surface area contributed by atoms with Crippen molar-refractivity contribution in [2.45, 2.75) is 19.3 Å². The third-order valence-electron chi connectivity index (χ3n) is 3.94. The Balaban J connectivity index is 1.75. The maximum Gasteiger partial charge on any atom is 0.153 e. The number of imidazole rings is 1. The van der Waals surface area contributed by atoms with Gasteiger partial charge in [0.2, 0.25) is 0 Å². The van der Waals surface area contributed by atoms with Crippen LogP contribution in [0.5, 0.6) is 0 Å². The van der Waals surface area contributed by atoms with E-state index in [1.165, 1.54) is 0 Å². The number of ether oxygens (including phenoxy) is 1. The van der Waals surface area contributed by atoms with Crippen LogP contribution in [0.2, 0.25) is 0 Å². The average Bonchev–Trinajstić information content (AvgIpc) is 3.28. The first kappa shape index (κ1) is 13.1. The lowest BCUT2D eigenvalue weighted by atomic mass is 10.1. The molecule has 0 N–H and O–H groups in total. The Labute approximate surface area is 127 Å². The predicted octanol–water partition coefficient (Wildman–Crippen LogP) is 1.66. The topological polar surface area (TPSA) is 70.7 Å². The highest BCUT2D eigenvalue weighted by Crippen LogP contribution is 2.26. The number of benzene rings is 1. The molecule has 1 atom stereocenters. The van der Waals surface area contributed by atoms with E-state index in [-0.39, 0.29) is 0 Å². The number of hydrogen-bond acceptors (Lipinski definition) is 5. The van der Waals surface area contributed by atoms with Gasteiger partial charge in [-0.3, -0.25) is 0 Å². The summed E-state index contributed by atoms with van der Waals surface area (Å²) < 4.78 is 9.32. The Hall–Kier alpha value is -2.54. The standard InChI is InChI=1S/C15H16N6O/c1-11-17-18-19-21(11)14-4-2-3-13(9-14)20-7-6-16-15(20)12-5-8-22-10-12/h2-4,6-7,9,12H,5,8,10H2,1H3. The monoisotopic (exact) mass is 296 g/mol. The molecule has 1 unspecified atom stereocenters. The zero-order chi connectivity index (χ0) is 14.9. The molecule has 0 amide bonds. The predicted molar refractivity (Wildman–Crippen MR) is 79.2 cm³/mol. The van der Waals surface area contributed by atoms with Crippen LogP contribution in [0.25, 0.3) is 11.4 Å². The Bertz CT molecular complexity index is 787. The minimum absolute atomic E-state index is 0.355. The van der Waals surface area contributed by atoms with Gasteiger partial charge in [-0.05, 0) is 42.0 Å². The zero-order valence-corrected chi connectivity index (χ0v) is 12.3. The summed E-state index contributed by atoms with van der Waals surface area (Å²) in [6.07, 6.45) is 4.84. The van der Waals surface area contributed by atoms with Crippen molar-refractivity contribution in [3.8, 4) is 11.4 Å². The number of rotatable bonds is 3. The highest BCUT2D eigenvalue weighted by molar-refractivity contribution is 5.44. The van der Waals surface area contributed by atoms with Gasteiger partial charge in [0, 0.05) is 30.6 Å². The van der Waals surface area contributed by atoms with Crippen molar-refractivity contribution in [2.75, 3.05) is 13.2 Å². The molecule has 4 rings (SSSR count). The van der Waals surface area contributed by atoms with E-state index in [0.29, 0.717) is 5.92 Å². The van der Waals surface area contributed by atoms with Crippen molar-refractivity contribution in [3.63, 3.8) is 0 Å². The number of tetrazole rings is 1. The highest BCUT2D eigenvalue weighted by Gasteiger charge is 2.22. The normalized spacial score (nSPS) is 18.0. The van der Waals surface area contributed by atoms with E-state index in [2.05, 4.69) is 37.2 Å². The van der Waals surface area contributed by atoms with Crippen molar-refractivity contribution < 1.29 is 4.74 Å². The van der Waals surface area contributed by atoms with Crippen molar-refractivity contribution in [1.29, 1.82) is 0 Å². The molecular formula is C15H16N6O. The number of hydrogen-bond donors (Lipinski definition) is 0. The van der Waals surface area contributed by atoms with Crippen LogP contribution in [0.4, 0.5) is 0 Å². The summed E-state index contributed by atoms with van der Waals surface area (Å²) in [4.78, 5) is 4.52. The fourth-order valence-corrected chi connectivity index (χ4v) is 2.82. The molecule has 1 fully saturated rings. The molecule has 7 nitrogen and oxygen atoms in total. The molecule has 0 bridgehead atoms. The first-order chi connectivity index (χ1) is 10.8. The smallest absolute Gasteiger partial charge is 0.153 e. The van der Waals surface area contributed by atoms with Crippen LogP contribution >= 0.6 is 0 Å². The van der Waals surface area contributed by atoms with Crippen molar-refractivity contribution in [1.82, 2.24) is 29.8 Å². The van der Waals surface area contributed by atoms with Crippen LogP contribution in [-0.2, 0) is 4.74 Å². The number of nitrogens with zero attached hydrogens (tertiary/aromatic N) is 6. The van der Waals surface area contributed by atoms with Crippen LogP contribution in [0.1, 0.15) is 24.0 Å². The zero-order valence-electron chi connectivity index (χ0n) is 12.3. The van der Waals surface area contributed by atoms with Gasteiger partial charge in [-0.1, -0.05) is 6.07 Å². The summed E-state index contributed by atoms with van der Waals surface area (Å²) in [6.45, 7) is 3.43. The number of aromatic nitrogens is 6. The lowest BCUT2D eigenvalue weighted by Crippen LogP contribution is -2.08. The van der Waals surface area contributed by atoms with E-state index < -0.39 is 0 Å². The van der Waals surface area contributed by atoms with E-state index in [0.717, 1.165) is 42.7 Å². The SMILES string of the molecule is Cc1nnnn1-c1cccc(-n2ccnc2C2CCOC2)c1. The second-order valence-corrected chi connectivity index (χ2v) is 5.37. The molecule has 1 aliphatic rings. The quantitative estimate of drug-likeness (QED) is 0.735. The second-order valence-electron chi connectivity index (χ2n) is 5.37. The Morgan fingerprint density at radius 3 is 2.95 bits per heavy atom. The lowest BCUT2D eigenvalue weighted by Gasteiger charge is -2.13. The first-order valence-electron chi connectivity index (χ1n) is 7.30.